The number of aryl methyl sites for hydroxylation is 1. The fraction of sp³-hybridized carbons (Fsp3) is 0.818. The molecule has 0 aliphatic heterocycles. The van der Waals surface area contributed by atoms with Crippen LogP contribution in [0.15, 0.2) is 6.33 Å². The van der Waals surface area contributed by atoms with Crippen LogP contribution in [-0.2, 0) is 13.1 Å². The topological polar surface area (TPSA) is 34.0 Å². The molecule has 0 bridgehead atoms. The minimum atomic E-state index is 0.669. The van der Waals surface area contributed by atoms with Crippen LogP contribution < -0.4 is 0 Å². The standard InChI is InChI=1S/C11H21ClN4/c1-3-6-15(8-5-12)9-11-13-10-14-16(11)7-4-2/h10H,3-9H2,1-2H3. The van der Waals surface area contributed by atoms with Crippen LogP contribution in [0.25, 0.3) is 0 Å². The Morgan fingerprint density at radius 3 is 2.75 bits per heavy atom. The molecular weight excluding hydrogens is 224 g/mol. The minimum absolute atomic E-state index is 0.669. The number of halogens is 1. The van der Waals surface area contributed by atoms with E-state index in [0.29, 0.717) is 5.88 Å². The van der Waals surface area contributed by atoms with Gasteiger partial charge < -0.3 is 0 Å². The summed E-state index contributed by atoms with van der Waals surface area (Å²) in [4.78, 5) is 6.63. The Labute approximate surface area is 103 Å². The molecule has 0 radical (unpaired) electrons. The Kier molecular flexibility index (Phi) is 6.42. The second-order valence-electron chi connectivity index (χ2n) is 3.86. The van der Waals surface area contributed by atoms with Crippen LogP contribution in [0.2, 0.25) is 0 Å². The predicted molar refractivity (Wildman–Crippen MR) is 66.6 cm³/mol. The highest BCUT2D eigenvalue weighted by Crippen LogP contribution is 2.03. The SMILES string of the molecule is CCCN(CCCl)Cc1ncnn1CCC. The second-order valence-corrected chi connectivity index (χ2v) is 4.24. The van der Waals surface area contributed by atoms with E-state index in [4.69, 9.17) is 11.6 Å². The summed E-state index contributed by atoms with van der Waals surface area (Å²) in [6.07, 6.45) is 3.86. The second kappa shape index (κ2) is 7.63. The van der Waals surface area contributed by atoms with Crippen molar-refractivity contribution in [2.24, 2.45) is 0 Å². The Morgan fingerprint density at radius 2 is 2.12 bits per heavy atom. The number of nitrogens with zero attached hydrogens (tertiary/aromatic N) is 4. The van der Waals surface area contributed by atoms with Crippen molar-refractivity contribution in [3.63, 3.8) is 0 Å². The minimum Gasteiger partial charge on any atom is -0.295 e. The molecule has 4 nitrogen and oxygen atoms in total. The Hall–Kier alpha value is -0.610. The van der Waals surface area contributed by atoms with Gasteiger partial charge in [0.05, 0.1) is 6.54 Å². The van der Waals surface area contributed by atoms with Crippen molar-refractivity contribution < 1.29 is 0 Å². The maximum Gasteiger partial charge on any atom is 0.141 e. The molecular formula is C11H21ClN4. The average Bonchev–Trinajstić information content (AvgIpc) is 2.67. The third-order valence-electron chi connectivity index (χ3n) is 2.44. The van der Waals surface area contributed by atoms with E-state index in [2.05, 4.69) is 28.8 Å². The zero-order valence-electron chi connectivity index (χ0n) is 10.2. The number of hydrogen-bond acceptors (Lipinski definition) is 3. The zero-order valence-corrected chi connectivity index (χ0v) is 10.9. The van der Waals surface area contributed by atoms with Crippen LogP contribution in [0.1, 0.15) is 32.5 Å². The first-order valence-electron chi connectivity index (χ1n) is 5.96. The van der Waals surface area contributed by atoms with Gasteiger partial charge >= 0.3 is 0 Å². The summed E-state index contributed by atoms with van der Waals surface area (Å²) >= 11 is 5.79. The van der Waals surface area contributed by atoms with E-state index >= 15 is 0 Å². The molecule has 0 aromatic carbocycles. The van der Waals surface area contributed by atoms with Gasteiger partial charge in [-0.15, -0.1) is 11.6 Å². The van der Waals surface area contributed by atoms with Crippen molar-refractivity contribution in [1.82, 2.24) is 19.7 Å². The molecule has 0 N–H and O–H groups in total. The van der Waals surface area contributed by atoms with E-state index in [0.717, 1.165) is 44.8 Å². The molecule has 0 amide bonds. The van der Waals surface area contributed by atoms with Crippen molar-refractivity contribution in [2.45, 2.75) is 39.8 Å². The lowest BCUT2D eigenvalue weighted by Crippen LogP contribution is -2.28. The molecule has 0 aliphatic rings. The quantitative estimate of drug-likeness (QED) is 0.657. The molecule has 1 aromatic heterocycles. The summed E-state index contributed by atoms with van der Waals surface area (Å²) in [5, 5.41) is 4.23. The summed E-state index contributed by atoms with van der Waals surface area (Å²) in [6.45, 7) is 8.09. The lowest BCUT2D eigenvalue weighted by Gasteiger charge is -2.19. The maximum absolute atomic E-state index is 5.79. The highest BCUT2D eigenvalue weighted by molar-refractivity contribution is 6.18. The van der Waals surface area contributed by atoms with Crippen LogP contribution in [0.4, 0.5) is 0 Å². The van der Waals surface area contributed by atoms with Crippen LogP contribution in [0, 0.1) is 0 Å². The predicted octanol–water partition coefficient (Wildman–Crippen LogP) is 2.14. The van der Waals surface area contributed by atoms with Gasteiger partial charge in [-0.3, -0.25) is 4.90 Å². The Morgan fingerprint density at radius 1 is 1.31 bits per heavy atom. The largest absolute Gasteiger partial charge is 0.295 e. The normalized spacial score (nSPS) is 11.2. The first-order chi connectivity index (χ1) is 7.81. The number of alkyl halides is 1. The van der Waals surface area contributed by atoms with Crippen LogP contribution in [0.5, 0.6) is 0 Å². The molecule has 1 heterocycles. The Bertz CT molecular complexity index is 281. The molecule has 0 saturated heterocycles. The number of aromatic nitrogens is 3. The summed E-state index contributed by atoms with van der Waals surface area (Å²) in [6, 6.07) is 0. The third-order valence-corrected chi connectivity index (χ3v) is 2.61. The summed E-state index contributed by atoms with van der Waals surface area (Å²) in [5.41, 5.74) is 0. The van der Waals surface area contributed by atoms with E-state index < -0.39 is 0 Å². The van der Waals surface area contributed by atoms with E-state index in [1.165, 1.54) is 0 Å². The maximum atomic E-state index is 5.79. The molecule has 0 saturated carbocycles. The molecule has 0 aliphatic carbocycles. The smallest absolute Gasteiger partial charge is 0.141 e. The van der Waals surface area contributed by atoms with E-state index in [9.17, 15) is 0 Å². The molecule has 16 heavy (non-hydrogen) atoms. The van der Waals surface area contributed by atoms with Crippen molar-refractivity contribution in [3.8, 4) is 0 Å². The van der Waals surface area contributed by atoms with Crippen LogP contribution >= 0.6 is 11.6 Å². The average molecular weight is 245 g/mol. The van der Waals surface area contributed by atoms with Crippen molar-refractivity contribution in [3.05, 3.63) is 12.2 Å². The molecule has 92 valence electrons. The van der Waals surface area contributed by atoms with Gasteiger partial charge in [-0.05, 0) is 19.4 Å². The number of hydrogen-bond donors (Lipinski definition) is 0. The first kappa shape index (κ1) is 13.5. The van der Waals surface area contributed by atoms with Gasteiger partial charge in [0.15, 0.2) is 0 Å². The summed E-state index contributed by atoms with van der Waals surface area (Å²) in [7, 11) is 0. The molecule has 5 heteroatoms. The summed E-state index contributed by atoms with van der Waals surface area (Å²) < 4.78 is 1.98. The first-order valence-corrected chi connectivity index (χ1v) is 6.50. The fourth-order valence-electron chi connectivity index (χ4n) is 1.71. The molecule has 1 rings (SSSR count). The molecule has 0 unspecified atom stereocenters. The highest BCUT2D eigenvalue weighted by atomic mass is 35.5. The van der Waals surface area contributed by atoms with Gasteiger partial charge in [-0.25, -0.2) is 9.67 Å². The lowest BCUT2D eigenvalue weighted by molar-refractivity contribution is 0.269. The Balaban J connectivity index is 2.57. The van der Waals surface area contributed by atoms with Gasteiger partial charge in [0.25, 0.3) is 0 Å². The molecule has 0 fully saturated rings. The molecule has 0 atom stereocenters. The van der Waals surface area contributed by atoms with E-state index in [1.807, 2.05) is 4.68 Å². The van der Waals surface area contributed by atoms with Crippen molar-refractivity contribution in [2.75, 3.05) is 19.0 Å². The van der Waals surface area contributed by atoms with Crippen LogP contribution in [0.3, 0.4) is 0 Å². The van der Waals surface area contributed by atoms with Gasteiger partial charge in [-0.2, -0.15) is 5.10 Å². The van der Waals surface area contributed by atoms with Gasteiger partial charge in [0.2, 0.25) is 0 Å². The number of rotatable bonds is 8. The molecule has 0 spiro atoms. The van der Waals surface area contributed by atoms with Gasteiger partial charge in [0.1, 0.15) is 12.2 Å². The lowest BCUT2D eigenvalue weighted by atomic mass is 10.4. The fourth-order valence-corrected chi connectivity index (χ4v) is 1.95. The van der Waals surface area contributed by atoms with E-state index in [-0.39, 0.29) is 0 Å². The van der Waals surface area contributed by atoms with Gasteiger partial charge in [0, 0.05) is 19.0 Å². The van der Waals surface area contributed by atoms with Gasteiger partial charge in [-0.1, -0.05) is 13.8 Å². The zero-order chi connectivity index (χ0) is 11.8. The molecule has 1 aromatic rings. The van der Waals surface area contributed by atoms with Crippen molar-refractivity contribution in [1.29, 1.82) is 0 Å². The summed E-state index contributed by atoms with van der Waals surface area (Å²) in [5.74, 6) is 1.71. The van der Waals surface area contributed by atoms with E-state index in [1.54, 1.807) is 6.33 Å². The van der Waals surface area contributed by atoms with Crippen molar-refractivity contribution >= 4 is 11.6 Å². The third kappa shape index (κ3) is 4.10. The van der Waals surface area contributed by atoms with Crippen LogP contribution in [-0.4, -0.2) is 38.6 Å². The monoisotopic (exact) mass is 244 g/mol. The highest BCUT2D eigenvalue weighted by Gasteiger charge is 2.09.